The third-order valence-corrected chi connectivity index (χ3v) is 6.45. The van der Waals surface area contributed by atoms with Crippen LogP contribution in [0, 0.1) is 0 Å². The van der Waals surface area contributed by atoms with Crippen molar-refractivity contribution in [2.75, 3.05) is 31.1 Å². The van der Waals surface area contributed by atoms with Crippen molar-refractivity contribution < 1.29 is 0 Å². The van der Waals surface area contributed by atoms with Gasteiger partial charge in [-0.1, -0.05) is 5.21 Å². The topological polar surface area (TPSA) is 89.0 Å². The number of nitrogens with zero attached hydrogens (tertiary/aromatic N) is 7. The van der Waals surface area contributed by atoms with Crippen molar-refractivity contribution in [2.24, 2.45) is 5.73 Å². The highest BCUT2D eigenvalue weighted by Crippen LogP contribution is 2.31. The second-order valence-corrected chi connectivity index (χ2v) is 8.42. The first kappa shape index (κ1) is 17.0. The number of rotatable bonds is 4. The van der Waals surface area contributed by atoms with Gasteiger partial charge in [0.05, 0.1) is 23.3 Å². The van der Waals surface area contributed by atoms with E-state index in [-0.39, 0.29) is 0 Å². The maximum absolute atomic E-state index is 5.99. The molecule has 2 fully saturated rings. The Bertz CT molecular complexity index is 913. The molecule has 2 aliphatic heterocycles. The van der Waals surface area contributed by atoms with E-state index in [4.69, 9.17) is 5.73 Å². The molecule has 27 heavy (non-hydrogen) atoms. The monoisotopic (exact) mass is 384 g/mol. The molecule has 0 bridgehead atoms. The minimum absolute atomic E-state index is 0.306. The van der Waals surface area contributed by atoms with E-state index in [1.165, 1.54) is 0 Å². The lowest BCUT2D eigenvalue weighted by Gasteiger charge is -2.32. The normalized spacial score (nSPS) is 22.1. The van der Waals surface area contributed by atoms with Gasteiger partial charge in [0.2, 0.25) is 0 Å². The van der Waals surface area contributed by atoms with Crippen molar-refractivity contribution in [2.45, 2.75) is 37.9 Å². The number of nitrogens with two attached hydrogens (primary N) is 1. The van der Waals surface area contributed by atoms with Gasteiger partial charge < -0.3 is 10.6 Å². The first-order chi connectivity index (χ1) is 13.3. The summed E-state index contributed by atoms with van der Waals surface area (Å²) in [6.45, 7) is 4.82. The summed E-state index contributed by atoms with van der Waals surface area (Å²) in [6.07, 6.45) is 6.97. The van der Waals surface area contributed by atoms with Crippen molar-refractivity contribution in [3.05, 3.63) is 29.7 Å². The first-order valence-corrected chi connectivity index (χ1v) is 10.5. The van der Waals surface area contributed by atoms with Gasteiger partial charge in [0.25, 0.3) is 0 Å². The Balaban J connectivity index is 1.22. The average molecular weight is 385 g/mol. The van der Waals surface area contributed by atoms with Crippen molar-refractivity contribution in [1.82, 2.24) is 29.9 Å². The Hall–Kier alpha value is -2.10. The van der Waals surface area contributed by atoms with E-state index in [0.29, 0.717) is 12.1 Å². The zero-order chi connectivity index (χ0) is 18.2. The number of fused-ring (bicyclic) bond motifs is 1. The van der Waals surface area contributed by atoms with Crippen molar-refractivity contribution in [3.63, 3.8) is 0 Å². The van der Waals surface area contributed by atoms with Gasteiger partial charge in [-0.25, -0.2) is 14.6 Å². The third-order valence-electron chi connectivity index (χ3n) is 5.63. The molecule has 0 saturated carbocycles. The van der Waals surface area contributed by atoms with E-state index in [9.17, 15) is 0 Å². The van der Waals surface area contributed by atoms with Crippen LogP contribution in [0.5, 0.6) is 0 Å². The molecule has 142 valence electrons. The Labute approximate surface area is 162 Å². The van der Waals surface area contributed by atoms with Crippen LogP contribution in [0.2, 0.25) is 0 Å². The maximum atomic E-state index is 5.99. The Kier molecular flexibility index (Phi) is 4.50. The van der Waals surface area contributed by atoms with E-state index in [1.54, 1.807) is 17.7 Å². The van der Waals surface area contributed by atoms with Crippen molar-refractivity contribution in [3.8, 4) is 0 Å². The lowest BCUT2D eigenvalue weighted by Crippen LogP contribution is -2.35. The molecule has 5 rings (SSSR count). The molecule has 8 nitrogen and oxygen atoms in total. The standard InChI is InChI=1S/C18H24N8S/c19-13-1-5-24(9-13)10-14-11-26(23-22-14)15-2-6-25(7-3-15)17-16-4-8-27-18(16)21-12-20-17/h4,8,11-13,15H,1-3,5-7,9-10,19H2/t13-/m1/s1. The zero-order valence-corrected chi connectivity index (χ0v) is 16.1. The molecule has 2 aliphatic rings. The Morgan fingerprint density at radius 1 is 1.15 bits per heavy atom. The number of anilines is 1. The molecule has 2 saturated heterocycles. The van der Waals surface area contributed by atoms with Crippen molar-refractivity contribution in [1.29, 1.82) is 0 Å². The van der Waals surface area contributed by atoms with Crippen LogP contribution in [0.25, 0.3) is 10.2 Å². The van der Waals surface area contributed by atoms with Gasteiger partial charge in [0.1, 0.15) is 17.0 Å². The third kappa shape index (κ3) is 3.42. The smallest absolute Gasteiger partial charge is 0.140 e. The molecule has 1 atom stereocenters. The number of aromatic nitrogens is 5. The Morgan fingerprint density at radius 2 is 2.04 bits per heavy atom. The fraction of sp³-hybridized carbons (Fsp3) is 0.556. The lowest BCUT2D eigenvalue weighted by atomic mass is 10.1. The summed E-state index contributed by atoms with van der Waals surface area (Å²) in [5.41, 5.74) is 7.04. The van der Waals surface area contributed by atoms with Crippen LogP contribution in [-0.4, -0.2) is 62.1 Å². The molecule has 2 N–H and O–H groups in total. The molecule has 0 amide bonds. The molecule has 3 aromatic rings. The summed E-state index contributed by atoms with van der Waals surface area (Å²) in [5, 5.41) is 12.0. The molecule has 0 radical (unpaired) electrons. The van der Waals surface area contributed by atoms with Crippen LogP contribution in [0.3, 0.4) is 0 Å². The molecule has 5 heterocycles. The predicted molar refractivity (Wildman–Crippen MR) is 106 cm³/mol. The van der Waals surface area contributed by atoms with Gasteiger partial charge in [-0.3, -0.25) is 4.90 Å². The number of hydrogen-bond donors (Lipinski definition) is 1. The molecular weight excluding hydrogens is 360 g/mol. The average Bonchev–Trinajstić information content (AvgIpc) is 3.43. The first-order valence-electron chi connectivity index (χ1n) is 9.58. The Morgan fingerprint density at radius 3 is 2.85 bits per heavy atom. The SMILES string of the molecule is N[C@@H]1CCN(Cc2cn(C3CCN(c4ncnc5sccc45)CC3)nn2)C1. The molecule has 9 heteroatoms. The van der Waals surface area contributed by atoms with E-state index in [1.807, 2.05) is 0 Å². The summed E-state index contributed by atoms with van der Waals surface area (Å²) in [7, 11) is 0. The summed E-state index contributed by atoms with van der Waals surface area (Å²) < 4.78 is 2.06. The number of thiophene rings is 1. The predicted octanol–water partition coefficient (Wildman–Crippen LogP) is 1.66. The zero-order valence-electron chi connectivity index (χ0n) is 15.2. The fourth-order valence-electron chi connectivity index (χ4n) is 4.17. The molecule has 0 unspecified atom stereocenters. The molecule has 0 spiro atoms. The van der Waals surface area contributed by atoms with Crippen LogP contribution in [-0.2, 0) is 6.54 Å². The van der Waals surface area contributed by atoms with E-state index in [0.717, 1.165) is 73.7 Å². The van der Waals surface area contributed by atoms with E-state index >= 15 is 0 Å². The fourth-order valence-corrected chi connectivity index (χ4v) is 4.90. The highest BCUT2D eigenvalue weighted by molar-refractivity contribution is 7.16. The second-order valence-electron chi connectivity index (χ2n) is 7.53. The highest BCUT2D eigenvalue weighted by atomic mass is 32.1. The quantitative estimate of drug-likeness (QED) is 0.732. The van der Waals surface area contributed by atoms with Crippen LogP contribution < -0.4 is 10.6 Å². The number of hydrogen-bond acceptors (Lipinski definition) is 8. The number of piperidine rings is 1. The maximum Gasteiger partial charge on any atom is 0.140 e. The van der Waals surface area contributed by atoms with Crippen LogP contribution in [0.4, 0.5) is 5.82 Å². The molecule has 3 aromatic heterocycles. The van der Waals surface area contributed by atoms with Crippen LogP contribution >= 0.6 is 11.3 Å². The minimum Gasteiger partial charge on any atom is -0.356 e. The summed E-state index contributed by atoms with van der Waals surface area (Å²) >= 11 is 1.67. The minimum atomic E-state index is 0.306. The molecular formula is C18H24N8S. The highest BCUT2D eigenvalue weighted by Gasteiger charge is 2.25. The van der Waals surface area contributed by atoms with Gasteiger partial charge in [-0.15, -0.1) is 16.4 Å². The molecule has 0 aromatic carbocycles. The van der Waals surface area contributed by atoms with Gasteiger partial charge in [0.15, 0.2) is 0 Å². The van der Waals surface area contributed by atoms with E-state index in [2.05, 4.69) is 52.4 Å². The van der Waals surface area contributed by atoms with Gasteiger partial charge in [-0.05, 0) is 30.7 Å². The summed E-state index contributed by atoms with van der Waals surface area (Å²) in [5.74, 6) is 1.06. The summed E-state index contributed by atoms with van der Waals surface area (Å²) in [4.78, 5) is 14.7. The van der Waals surface area contributed by atoms with Crippen molar-refractivity contribution >= 4 is 27.4 Å². The lowest BCUT2D eigenvalue weighted by molar-refractivity contribution is 0.322. The van der Waals surface area contributed by atoms with E-state index < -0.39 is 0 Å². The van der Waals surface area contributed by atoms with Crippen LogP contribution in [0.1, 0.15) is 31.0 Å². The van der Waals surface area contributed by atoms with Crippen LogP contribution in [0.15, 0.2) is 24.0 Å². The van der Waals surface area contributed by atoms with Gasteiger partial charge >= 0.3 is 0 Å². The molecule has 0 aliphatic carbocycles. The summed E-state index contributed by atoms with van der Waals surface area (Å²) in [6, 6.07) is 2.83. The van der Waals surface area contributed by atoms with Gasteiger partial charge in [0, 0.05) is 38.8 Å². The second kappa shape index (κ2) is 7.14. The largest absolute Gasteiger partial charge is 0.356 e. The number of likely N-dealkylation sites (tertiary alicyclic amines) is 1. The van der Waals surface area contributed by atoms with Gasteiger partial charge in [-0.2, -0.15) is 0 Å².